The lowest BCUT2D eigenvalue weighted by Gasteiger charge is -2.11. The lowest BCUT2D eigenvalue weighted by atomic mass is 10.0. The summed E-state index contributed by atoms with van der Waals surface area (Å²) in [5, 5.41) is 0. The summed E-state index contributed by atoms with van der Waals surface area (Å²) in [6, 6.07) is 17.2. The van der Waals surface area contributed by atoms with Crippen molar-refractivity contribution >= 4 is 0 Å². The van der Waals surface area contributed by atoms with Gasteiger partial charge in [0, 0.05) is 17.3 Å². The van der Waals surface area contributed by atoms with Gasteiger partial charge in [-0.3, -0.25) is 4.98 Å². The summed E-state index contributed by atoms with van der Waals surface area (Å²) >= 11 is 0. The Hall–Kier alpha value is -4.00. The van der Waals surface area contributed by atoms with Crippen LogP contribution in [0.15, 0.2) is 60.8 Å². The fraction of sp³-hybridized carbons (Fsp3) is 0.167. The number of hydrogen-bond donors (Lipinski definition) is 1. The number of nitrogens with zero attached hydrogens (tertiary/aromatic N) is 2. The minimum Gasteiger partial charge on any atom is -0.493 e. The van der Waals surface area contributed by atoms with Crippen molar-refractivity contribution in [1.29, 1.82) is 0 Å². The van der Waals surface area contributed by atoms with Crippen LogP contribution in [-0.4, -0.2) is 43.4 Å². The molecule has 2 heterocycles. The number of rotatable bonds is 7. The maximum absolute atomic E-state index is 5.49. The largest absolute Gasteiger partial charge is 0.493 e. The Bertz CT molecular complexity index is 1120. The Morgan fingerprint density at radius 1 is 0.677 bits per heavy atom. The van der Waals surface area contributed by atoms with E-state index in [1.165, 1.54) is 0 Å². The van der Waals surface area contributed by atoms with E-state index in [1.54, 1.807) is 34.6 Å². The molecule has 0 unspecified atom stereocenters. The van der Waals surface area contributed by atoms with Crippen LogP contribution in [0, 0.1) is 0 Å². The third kappa shape index (κ3) is 3.90. The molecule has 0 radical (unpaired) electrons. The molecule has 2 aromatic heterocycles. The first-order chi connectivity index (χ1) is 15.2. The average Bonchev–Trinajstić information content (AvgIpc) is 3.29. The summed E-state index contributed by atoms with van der Waals surface area (Å²) in [5.74, 6) is 3.23. The average molecular weight is 417 g/mol. The van der Waals surface area contributed by atoms with E-state index >= 15 is 0 Å². The van der Waals surface area contributed by atoms with Crippen molar-refractivity contribution in [2.75, 3.05) is 28.4 Å². The van der Waals surface area contributed by atoms with Crippen molar-refractivity contribution in [3.05, 3.63) is 60.8 Å². The number of aromatic nitrogens is 3. The van der Waals surface area contributed by atoms with Crippen LogP contribution in [0.25, 0.3) is 34.0 Å². The normalized spacial score (nSPS) is 10.6. The molecule has 0 saturated carbocycles. The van der Waals surface area contributed by atoms with Gasteiger partial charge in [0.1, 0.15) is 5.69 Å². The molecule has 0 amide bonds. The summed E-state index contributed by atoms with van der Waals surface area (Å²) in [5.41, 5.74) is 4.11. The van der Waals surface area contributed by atoms with Crippen molar-refractivity contribution in [2.45, 2.75) is 0 Å². The van der Waals surface area contributed by atoms with Crippen LogP contribution in [0.3, 0.4) is 0 Å². The second-order valence-electron chi connectivity index (χ2n) is 6.66. The van der Waals surface area contributed by atoms with Crippen LogP contribution >= 0.6 is 0 Å². The molecule has 31 heavy (non-hydrogen) atoms. The summed E-state index contributed by atoms with van der Waals surface area (Å²) in [4.78, 5) is 12.7. The zero-order valence-corrected chi connectivity index (χ0v) is 17.8. The summed E-state index contributed by atoms with van der Waals surface area (Å²) in [6.07, 6.45) is 1.74. The molecule has 0 aliphatic carbocycles. The van der Waals surface area contributed by atoms with Crippen LogP contribution in [0.1, 0.15) is 0 Å². The topological polar surface area (TPSA) is 78.5 Å². The molecule has 4 aromatic rings. The Kier molecular flexibility index (Phi) is 5.75. The Morgan fingerprint density at radius 2 is 1.29 bits per heavy atom. The van der Waals surface area contributed by atoms with Gasteiger partial charge in [-0.25, -0.2) is 4.98 Å². The molecule has 0 saturated heterocycles. The van der Waals surface area contributed by atoms with E-state index in [9.17, 15) is 0 Å². The zero-order valence-electron chi connectivity index (χ0n) is 17.8. The van der Waals surface area contributed by atoms with Gasteiger partial charge in [0.25, 0.3) is 0 Å². The predicted octanol–water partition coefficient (Wildman–Crippen LogP) is 4.84. The van der Waals surface area contributed by atoms with Crippen LogP contribution in [0.5, 0.6) is 23.0 Å². The maximum Gasteiger partial charge on any atom is 0.161 e. The second kappa shape index (κ2) is 8.79. The Morgan fingerprint density at radius 3 is 1.87 bits per heavy atom. The molecule has 7 heteroatoms. The number of ether oxygens (including phenoxy) is 4. The quantitative estimate of drug-likeness (QED) is 0.464. The van der Waals surface area contributed by atoms with Gasteiger partial charge < -0.3 is 23.9 Å². The lowest BCUT2D eigenvalue weighted by molar-refractivity contribution is 0.355. The highest BCUT2D eigenvalue weighted by atomic mass is 16.5. The standard InChI is InChI=1S/C24H23N3O4/c1-28-18-10-8-15(13-20(18)30-3)22-23(16-9-11-19(29-2)21(14-16)31-4)27-24(26-22)17-7-5-6-12-25-17/h5-14H,1-4H3,(H,26,27). The van der Waals surface area contributed by atoms with E-state index in [-0.39, 0.29) is 0 Å². The Labute approximate surface area is 180 Å². The molecule has 4 rings (SSSR count). The lowest BCUT2D eigenvalue weighted by Crippen LogP contribution is -1.93. The minimum absolute atomic E-state index is 0.626. The fourth-order valence-electron chi connectivity index (χ4n) is 3.39. The fourth-order valence-corrected chi connectivity index (χ4v) is 3.39. The van der Waals surface area contributed by atoms with E-state index in [1.807, 2.05) is 54.6 Å². The van der Waals surface area contributed by atoms with Gasteiger partial charge in [-0.2, -0.15) is 0 Å². The van der Waals surface area contributed by atoms with E-state index in [0.717, 1.165) is 28.2 Å². The van der Waals surface area contributed by atoms with Crippen LogP contribution in [-0.2, 0) is 0 Å². The van der Waals surface area contributed by atoms with Crippen LogP contribution in [0.4, 0.5) is 0 Å². The SMILES string of the molecule is COc1ccc(-c2nc(-c3ccccn3)[nH]c2-c2ccc(OC)c(OC)c2)cc1OC. The van der Waals surface area contributed by atoms with Gasteiger partial charge >= 0.3 is 0 Å². The molecule has 0 aliphatic rings. The first-order valence-corrected chi connectivity index (χ1v) is 9.64. The van der Waals surface area contributed by atoms with Gasteiger partial charge in [0.05, 0.1) is 39.8 Å². The van der Waals surface area contributed by atoms with Crippen molar-refractivity contribution in [1.82, 2.24) is 15.0 Å². The maximum atomic E-state index is 5.49. The van der Waals surface area contributed by atoms with Gasteiger partial charge in [0.15, 0.2) is 28.8 Å². The van der Waals surface area contributed by atoms with Gasteiger partial charge in [-0.05, 0) is 48.5 Å². The molecular formula is C24H23N3O4. The second-order valence-corrected chi connectivity index (χ2v) is 6.66. The van der Waals surface area contributed by atoms with Crippen LogP contribution in [0.2, 0.25) is 0 Å². The van der Waals surface area contributed by atoms with Crippen molar-refractivity contribution in [2.24, 2.45) is 0 Å². The number of H-pyrrole nitrogens is 1. The molecule has 0 aliphatic heterocycles. The van der Waals surface area contributed by atoms with Gasteiger partial charge in [-0.1, -0.05) is 6.07 Å². The number of pyridine rings is 1. The first-order valence-electron chi connectivity index (χ1n) is 9.64. The molecule has 158 valence electrons. The molecule has 0 spiro atoms. The monoisotopic (exact) mass is 417 g/mol. The Balaban J connectivity index is 1.91. The molecule has 1 N–H and O–H groups in total. The highest BCUT2D eigenvalue weighted by Crippen LogP contribution is 2.39. The third-order valence-electron chi connectivity index (χ3n) is 4.94. The number of imidazole rings is 1. The van der Waals surface area contributed by atoms with Crippen molar-refractivity contribution in [3.63, 3.8) is 0 Å². The zero-order chi connectivity index (χ0) is 21.8. The van der Waals surface area contributed by atoms with E-state index in [4.69, 9.17) is 23.9 Å². The summed E-state index contributed by atoms with van der Waals surface area (Å²) in [7, 11) is 6.45. The van der Waals surface area contributed by atoms with Gasteiger partial charge in [-0.15, -0.1) is 0 Å². The molecular weight excluding hydrogens is 394 g/mol. The molecule has 7 nitrogen and oxygen atoms in total. The van der Waals surface area contributed by atoms with Crippen molar-refractivity contribution < 1.29 is 18.9 Å². The molecule has 0 fully saturated rings. The summed E-state index contributed by atoms with van der Waals surface area (Å²) < 4.78 is 21.7. The van der Waals surface area contributed by atoms with E-state index in [2.05, 4.69) is 9.97 Å². The van der Waals surface area contributed by atoms with E-state index in [0.29, 0.717) is 28.8 Å². The summed E-state index contributed by atoms with van der Waals surface area (Å²) in [6.45, 7) is 0. The highest BCUT2D eigenvalue weighted by Gasteiger charge is 2.19. The number of aromatic amines is 1. The number of benzene rings is 2. The third-order valence-corrected chi connectivity index (χ3v) is 4.94. The molecule has 0 atom stereocenters. The van der Waals surface area contributed by atoms with Crippen molar-refractivity contribution in [3.8, 4) is 57.0 Å². The highest BCUT2D eigenvalue weighted by molar-refractivity contribution is 5.82. The molecule has 0 bridgehead atoms. The van der Waals surface area contributed by atoms with Gasteiger partial charge in [0.2, 0.25) is 0 Å². The predicted molar refractivity (Wildman–Crippen MR) is 119 cm³/mol. The first kappa shape index (κ1) is 20.3. The number of nitrogens with one attached hydrogen (secondary N) is 1. The van der Waals surface area contributed by atoms with E-state index < -0.39 is 0 Å². The smallest absolute Gasteiger partial charge is 0.161 e. The minimum atomic E-state index is 0.626. The number of methoxy groups -OCH3 is 4. The molecule has 2 aromatic carbocycles. The van der Waals surface area contributed by atoms with Crippen LogP contribution < -0.4 is 18.9 Å². The number of hydrogen-bond acceptors (Lipinski definition) is 6.